The Hall–Kier alpha value is -3.86. The molecule has 0 spiro atoms. The molecule has 2 heterocycles. The van der Waals surface area contributed by atoms with E-state index in [9.17, 15) is 9.59 Å². The van der Waals surface area contributed by atoms with Crippen LogP contribution >= 0.6 is 0 Å². The summed E-state index contributed by atoms with van der Waals surface area (Å²) in [4.78, 5) is 31.0. The van der Waals surface area contributed by atoms with Crippen LogP contribution in [0.2, 0.25) is 0 Å². The molecule has 0 saturated carbocycles. The first-order valence-electron chi connectivity index (χ1n) is 11.3. The average molecular weight is 439 g/mol. The minimum Gasteiger partial charge on any atom is -0.494 e. The van der Waals surface area contributed by atoms with E-state index in [1.165, 1.54) is 16.0 Å². The summed E-state index contributed by atoms with van der Waals surface area (Å²) >= 11 is 0. The van der Waals surface area contributed by atoms with Gasteiger partial charge < -0.3 is 9.64 Å². The fourth-order valence-corrected chi connectivity index (χ4v) is 4.68. The molecular formula is C28H26N2O3. The molecule has 166 valence electrons. The van der Waals surface area contributed by atoms with Crippen LogP contribution in [0.4, 0.5) is 5.69 Å². The first-order chi connectivity index (χ1) is 16.1. The number of nitrogens with zero attached hydrogens (tertiary/aromatic N) is 2. The number of fused-ring (bicyclic) bond motifs is 1. The number of hydrogen-bond donors (Lipinski definition) is 0. The number of anilines is 1. The maximum atomic E-state index is 13.8. The summed E-state index contributed by atoms with van der Waals surface area (Å²) in [6.07, 6.45) is 0.835. The third-order valence-electron chi connectivity index (χ3n) is 6.32. The summed E-state index contributed by atoms with van der Waals surface area (Å²) in [5.41, 5.74) is 5.65. The monoisotopic (exact) mass is 438 g/mol. The number of carbonyl (C=O) groups is 2. The first kappa shape index (κ1) is 21.0. The van der Waals surface area contributed by atoms with Gasteiger partial charge in [0.15, 0.2) is 0 Å². The van der Waals surface area contributed by atoms with E-state index >= 15 is 0 Å². The van der Waals surface area contributed by atoms with E-state index in [0.29, 0.717) is 36.7 Å². The largest absolute Gasteiger partial charge is 0.494 e. The summed E-state index contributed by atoms with van der Waals surface area (Å²) < 4.78 is 5.57. The standard InChI is InChI=1S/C28H26N2O3/c1-3-33-23-14-12-21(13-15-23)25-26(29-17-16-20-9-5-6-10-22(20)18-29)28(32)30(27(25)31)24-11-7-4-8-19(24)2/h4-15H,3,16-18H2,1-2H3. The number of hydrogen-bond acceptors (Lipinski definition) is 4. The van der Waals surface area contributed by atoms with E-state index in [0.717, 1.165) is 23.3 Å². The summed E-state index contributed by atoms with van der Waals surface area (Å²) in [5.74, 6) is 0.188. The molecule has 3 aromatic carbocycles. The predicted octanol–water partition coefficient (Wildman–Crippen LogP) is 4.74. The minimum atomic E-state index is -0.285. The number of rotatable bonds is 5. The highest BCUT2D eigenvalue weighted by molar-refractivity contribution is 6.45. The van der Waals surface area contributed by atoms with Crippen LogP contribution in [0.15, 0.2) is 78.5 Å². The molecule has 2 aliphatic rings. The summed E-state index contributed by atoms with van der Waals surface area (Å²) in [6.45, 7) is 5.71. The van der Waals surface area contributed by atoms with E-state index in [1.54, 1.807) is 0 Å². The highest BCUT2D eigenvalue weighted by atomic mass is 16.5. The number of benzene rings is 3. The zero-order valence-electron chi connectivity index (χ0n) is 18.9. The van der Waals surface area contributed by atoms with E-state index in [1.807, 2.05) is 74.5 Å². The van der Waals surface area contributed by atoms with Crippen LogP contribution < -0.4 is 9.64 Å². The van der Waals surface area contributed by atoms with Crippen molar-refractivity contribution in [2.75, 3.05) is 18.1 Å². The molecule has 0 aliphatic carbocycles. The SMILES string of the molecule is CCOc1ccc(C2=C(N3CCc4ccccc4C3)C(=O)N(c3ccccc3C)C2=O)cc1. The van der Waals surface area contributed by atoms with Crippen LogP contribution in [-0.2, 0) is 22.6 Å². The molecule has 3 aromatic rings. The van der Waals surface area contributed by atoms with Gasteiger partial charge in [0.2, 0.25) is 0 Å². The zero-order chi connectivity index (χ0) is 22.9. The molecule has 0 unspecified atom stereocenters. The maximum Gasteiger partial charge on any atom is 0.282 e. The lowest BCUT2D eigenvalue weighted by atomic mass is 9.98. The van der Waals surface area contributed by atoms with E-state index in [2.05, 4.69) is 17.0 Å². The van der Waals surface area contributed by atoms with Crippen molar-refractivity contribution in [1.82, 2.24) is 4.90 Å². The van der Waals surface area contributed by atoms with Crippen LogP contribution in [0.5, 0.6) is 5.75 Å². The van der Waals surface area contributed by atoms with Gasteiger partial charge in [0.1, 0.15) is 11.4 Å². The molecule has 2 amide bonds. The van der Waals surface area contributed by atoms with Gasteiger partial charge in [0.25, 0.3) is 11.8 Å². The zero-order valence-corrected chi connectivity index (χ0v) is 18.9. The quantitative estimate of drug-likeness (QED) is 0.540. The third kappa shape index (κ3) is 3.69. The number of amides is 2. The number of carbonyl (C=O) groups excluding carboxylic acids is 2. The Labute approximate surface area is 193 Å². The van der Waals surface area contributed by atoms with Crippen molar-refractivity contribution in [1.29, 1.82) is 0 Å². The van der Waals surface area contributed by atoms with Crippen molar-refractivity contribution >= 4 is 23.1 Å². The third-order valence-corrected chi connectivity index (χ3v) is 6.32. The van der Waals surface area contributed by atoms with E-state index in [4.69, 9.17) is 4.74 Å². The van der Waals surface area contributed by atoms with Gasteiger partial charge in [0.05, 0.1) is 17.9 Å². The van der Waals surface area contributed by atoms with E-state index < -0.39 is 0 Å². The Balaban J connectivity index is 1.61. The fraction of sp³-hybridized carbons (Fsp3) is 0.214. The molecule has 0 bridgehead atoms. The van der Waals surface area contributed by atoms with Crippen molar-refractivity contribution in [2.24, 2.45) is 0 Å². The van der Waals surface area contributed by atoms with Crippen LogP contribution in [0.3, 0.4) is 0 Å². The van der Waals surface area contributed by atoms with Crippen LogP contribution in [0.25, 0.3) is 5.57 Å². The topological polar surface area (TPSA) is 49.9 Å². The molecule has 0 N–H and O–H groups in total. The molecule has 0 atom stereocenters. The Morgan fingerprint density at radius 3 is 2.27 bits per heavy atom. The second-order valence-electron chi connectivity index (χ2n) is 8.35. The van der Waals surface area contributed by atoms with Crippen molar-refractivity contribution in [2.45, 2.75) is 26.8 Å². The number of para-hydroxylation sites is 1. The first-order valence-corrected chi connectivity index (χ1v) is 11.3. The average Bonchev–Trinajstić information content (AvgIpc) is 3.10. The Morgan fingerprint density at radius 1 is 0.848 bits per heavy atom. The van der Waals surface area contributed by atoms with Crippen LogP contribution in [-0.4, -0.2) is 29.9 Å². The Bertz CT molecular complexity index is 1260. The molecule has 5 heteroatoms. The molecule has 0 radical (unpaired) electrons. The van der Waals surface area contributed by atoms with Gasteiger partial charge in [-0.2, -0.15) is 0 Å². The van der Waals surface area contributed by atoms with Gasteiger partial charge in [-0.3, -0.25) is 9.59 Å². The molecule has 2 aliphatic heterocycles. The maximum absolute atomic E-state index is 13.8. The van der Waals surface area contributed by atoms with Crippen molar-refractivity contribution in [3.63, 3.8) is 0 Å². The number of aryl methyl sites for hydroxylation is 1. The molecule has 33 heavy (non-hydrogen) atoms. The summed E-state index contributed by atoms with van der Waals surface area (Å²) in [7, 11) is 0. The second kappa shape index (κ2) is 8.58. The van der Waals surface area contributed by atoms with Gasteiger partial charge in [-0.15, -0.1) is 0 Å². The van der Waals surface area contributed by atoms with Crippen molar-refractivity contribution in [3.05, 3.63) is 101 Å². The number of ether oxygens (including phenoxy) is 1. The molecule has 0 saturated heterocycles. The summed E-state index contributed by atoms with van der Waals surface area (Å²) in [6, 6.07) is 23.2. The second-order valence-corrected chi connectivity index (χ2v) is 8.35. The van der Waals surface area contributed by atoms with Crippen molar-refractivity contribution in [3.8, 4) is 5.75 Å². The normalized spacial score (nSPS) is 15.8. The smallest absolute Gasteiger partial charge is 0.282 e. The van der Waals surface area contributed by atoms with Gasteiger partial charge in [-0.1, -0.05) is 54.6 Å². The lowest BCUT2D eigenvalue weighted by molar-refractivity contribution is -0.120. The van der Waals surface area contributed by atoms with Gasteiger partial charge >= 0.3 is 0 Å². The minimum absolute atomic E-state index is 0.266. The molecule has 0 aromatic heterocycles. The van der Waals surface area contributed by atoms with Crippen molar-refractivity contribution < 1.29 is 14.3 Å². The highest BCUT2D eigenvalue weighted by Crippen LogP contribution is 2.38. The Morgan fingerprint density at radius 2 is 1.55 bits per heavy atom. The van der Waals surface area contributed by atoms with Crippen LogP contribution in [0.1, 0.15) is 29.2 Å². The van der Waals surface area contributed by atoms with Gasteiger partial charge in [0, 0.05) is 13.1 Å². The van der Waals surface area contributed by atoms with Gasteiger partial charge in [-0.05, 0) is 60.7 Å². The number of imide groups is 1. The lowest BCUT2D eigenvalue weighted by Gasteiger charge is -2.31. The molecule has 0 fully saturated rings. The van der Waals surface area contributed by atoms with Gasteiger partial charge in [-0.25, -0.2) is 4.90 Å². The Kier molecular flexibility index (Phi) is 5.47. The lowest BCUT2D eigenvalue weighted by Crippen LogP contribution is -2.37. The molecule has 5 nitrogen and oxygen atoms in total. The predicted molar refractivity (Wildman–Crippen MR) is 129 cm³/mol. The molecule has 5 rings (SSSR count). The molecular weight excluding hydrogens is 412 g/mol. The van der Waals surface area contributed by atoms with E-state index in [-0.39, 0.29) is 11.8 Å². The fourth-order valence-electron chi connectivity index (χ4n) is 4.68. The van der Waals surface area contributed by atoms with Crippen LogP contribution in [0, 0.1) is 6.92 Å². The highest BCUT2D eigenvalue weighted by Gasteiger charge is 2.43. The summed E-state index contributed by atoms with van der Waals surface area (Å²) in [5, 5.41) is 0.